The van der Waals surface area contributed by atoms with Crippen molar-refractivity contribution in [2.24, 2.45) is 0 Å². The maximum absolute atomic E-state index is 13.2. The SMILES string of the molecule is Cc1cc2nc(N[C@@H](C)c3cncc(F)c3)n[c]c2s1. The fourth-order valence-corrected chi connectivity index (χ4v) is 2.71. The minimum atomic E-state index is -0.354. The van der Waals surface area contributed by atoms with Crippen LogP contribution in [-0.2, 0) is 0 Å². The second kappa shape index (κ2) is 5.13. The minimum Gasteiger partial charge on any atom is -0.348 e. The average molecular weight is 287 g/mol. The first kappa shape index (κ1) is 12.9. The van der Waals surface area contributed by atoms with E-state index in [1.54, 1.807) is 17.5 Å². The van der Waals surface area contributed by atoms with Gasteiger partial charge in [-0.1, -0.05) is 0 Å². The molecule has 0 spiro atoms. The van der Waals surface area contributed by atoms with E-state index in [1.807, 2.05) is 19.9 Å². The highest BCUT2D eigenvalue weighted by molar-refractivity contribution is 7.18. The monoisotopic (exact) mass is 287 g/mol. The standard InChI is InChI=1S/C14H12FN4S/c1-8-3-12-13(20-8)7-17-14(19-12)18-9(2)10-4-11(15)6-16-5-10/h3-6,9H,1-2H3,(H,17,18,19)/t9-/m0/s1. The second-order valence-electron chi connectivity index (χ2n) is 4.53. The predicted molar refractivity (Wildman–Crippen MR) is 77.2 cm³/mol. The first-order valence-electron chi connectivity index (χ1n) is 6.14. The number of anilines is 1. The van der Waals surface area contributed by atoms with E-state index in [0.29, 0.717) is 5.95 Å². The number of hydrogen-bond acceptors (Lipinski definition) is 5. The van der Waals surface area contributed by atoms with Crippen molar-refractivity contribution in [1.82, 2.24) is 15.0 Å². The number of rotatable bonds is 3. The summed E-state index contributed by atoms with van der Waals surface area (Å²) < 4.78 is 14.1. The molecule has 3 heterocycles. The normalized spacial score (nSPS) is 12.6. The molecule has 0 amide bonds. The van der Waals surface area contributed by atoms with Crippen LogP contribution in [0.25, 0.3) is 10.2 Å². The van der Waals surface area contributed by atoms with Crippen LogP contribution in [0, 0.1) is 18.9 Å². The quantitative estimate of drug-likeness (QED) is 0.801. The van der Waals surface area contributed by atoms with E-state index in [4.69, 9.17) is 0 Å². The highest BCUT2D eigenvalue weighted by atomic mass is 32.1. The molecule has 4 nitrogen and oxygen atoms in total. The Hall–Kier alpha value is -2.08. The van der Waals surface area contributed by atoms with Crippen molar-refractivity contribution in [3.8, 4) is 0 Å². The van der Waals surface area contributed by atoms with Crippen molar-refractivity contribution < 1.29 is 4.39 Å². The molecule has 3 aromatic heterocycles. The Morgan fingerprint density at radius 1 is 1.35 bits per heavy atom. The lowest BCUT2D eigenvalue weighted by Gasteiger charge is -2.13. The molecule has 1 atom stereocenters. The summed E-state index contributed by atoms with van der Waals surface area (Å²) in [5.74, 6) is 0.125. The van der Waals surface area contributed by atoms with Gasteiger partial charge in [0, 0.05) is 11.1 Å². The van der Waals surface area contributed by atoms with E-state index in [2.05, 4.69) is 26.5 Å². The number of pyridine rings is 1. The molecule has 0 aliphatic rings. The summed E-state index contributed by atoms with van der Waals surface area (Å²) in [5.41, 5.74) is 1.62. The number of hydrogen-bond donors (Lipinski definition) is 1. The van der Waals surface area contributed by atoms with Gasteiger partial charge >= 0.3 is 0 Å². The van der Waals surface area contributed by atoms with E-state index in [1.165, 1.54) is 17.1 Å². The van der Waals surface area contributed by atoms with Gasteiger partial charge < -0.3 is 5.32 Å². The van der Waals surface area contributed by atoms with Crippen molar-refractivity contribution in [3.05, 3.63) is 47.0 Å². The molecule has 0 aliphatic carbocycles. The first-order chi connectivity index (χ1) is 9.61. The molecule has 0 bridgehead atoms. The van der Waals surface area contributed by atoms with Crippen LogP contribution in [0.5, 0.6) is 0 Å². The maximum Gasteiger partial charge on any atom is 0.224 e. The third-order valence-corrected chi connectivity index (χ3v) is 3.84. The fraction of sp³-hybridized carbons (Fsp3) is 0.214. The molecule has 6 heteroatoms. The maximum atomic E-state index is 13.2. The topological polar surface area (TPSA) is 50.7 Å². The largest absolute Gasteiger partial charge is 0.348 e. The van der Waals surface area contributed by atoms with Crippen molar-refractivity contribution in [2.75, 3.05) is 5.32 Å². The molecule has 0 aliphatic heterocycles. The number of nitrogens with one attached hydrogen (secondary N) is 1. The molecule has 3 rings (SSSR count). The summed E-state index contributed by atoms with van der Waals surface area (Å²) in [6, 6.07) is 3.31. The van der Waals surface area contributed by atoms with Crippen molar-refractivity contribution in [3.63, 3.8) is 0 Å². The average Bonchev–Trinajstić information content (AvgIpc) is 2.78. The number of fused-ring (bicyclic) bond motifs is 1. The van der Waals surface area contributed by atoms with Gasteiger partial charge in [-0.3, -0.25) is 4.98 Å². The van der Waals surface area contributed by atoms with Gasteiger partial charge in [0.15, 0.2) is 0 Å². The molecule has 101 valence electrons. The van der Waals surface area contributed by atoms with E-state index >= 15 is 0 Å². The number of aromatic nitrogens is 3. The van der Waals surface area contributed by atoms with Crippen LogP contribution in [-0.4, -0.2) is 15.0 Å². The van der Waals surface area contributed by atoms with Gasteiger partial charge in [0.1, 0.15) is 12.0 Å². The highest BCUT2D eigenvalue weighted by Crippen LogP contribution is 2.24. The Morgan fingerprint density at radius 3 is 3.00 bits per heavy atom. The molecular weight excluding hydrogens is 275 g/mol. The third-order valence-electron chi connectivity index (χ3n) is 2.90. The van der Waals surface area contributed by atoms with Crippen molar-refractivity contribution >= 4 is 27.5 Å². The van der Waals surface area contributed by atoms with E-state index in [9.17, 15) is 4.39 Å². The van der Waals surface area contributed by atoms with Gasteiger partial charge in [0.25, 0.3) is 0 Å². The smallest absolute Gasteiger partial charge is 0.224 e. The Balaban J connectivity index is 1.85. The Bertz CT molecular complexity index is 756. The van der Waals surface area contributed by atoms with Gasteiger partial charge in [0.05, 0.1) is 22.5 Å². The molecule has 20 heavy (non-hydrogen) atoms. The lowest BCUT2D eigenvalue weighted by Crippen LogP contribution is -2.09. The summed E-state index contributed by atoms with van der Waals surface area (Å²) in [4.78, 5) is 13.6. The van der Waals surface area contributed by atoms with Crippen molar-refractivity contribution in [1.29, 1.82) is 0 Å². The summed E-state index contributed by atoms with van der Waals surface area (Å²) >= 11 is 1.61. The van der Waals surface area contributed by atoms with Crippen LogP contribution in [0.2, 0.25) is 0 Å². The van der Waals surface area contributed by atoms with Crippen LogP contribution < -0.4 is 5.32 Å². The summed E-state index contributed by atoms with van der Waals surface area (Å²) in [7, 11) is 0. The van der Waals surface area contributed by atoms with E-state index < -0.39 is 0 Å². The number of aryl methyl sites for hydroxylation is 1. The number of halogens is 1. The van der Waals surface area contributed by atoms with Gasteiger partial charge in [-0.15, -0.1) is 11.3 Å². The van der Waals surface area contributed by atoms with Crippen LogP contribution >= 0.6 is 11.3 Å². The zero-order valence-corrected chi connectivity index (χ0v) is 11.8. The molecule has 3 aromatic rings. The molecule has 0 unspecified atom stereocenters. The lowest BCUT2D eigenvalue weighted by molar-refractivity contribution is 0.616. The zero-order valence-electron chi connectivity index (χ0n) is 11.0. The summed E-state index contributed by atoms with van der Waals surface area (Å²) in [6.45, 7) is 3.93. The molecule has 0 aromatic carbocycles. The summed E-state index contributed by atoms with van der Waals surface area (Å²) in [5, 5.41) is 3.13. The Morgan fingerprint density at radius 2 is 2.20 bits per heavy atom. The zero-order chi connectivity index (χ0) is 14.1. The lowest BCUT2D eigenvalue weighted by atomic mass is 10.1. The molecule has 0 fully saturated rings. The van der Waals surface area contributed by atoms with E-state index in [0.717, 1.165) is 15.8 Å². The van der Waals surface area contributed by atoms with Gasteiger partial charge in [0.2, 0.25) is 5.95 Å². The van der Waals surface area contributed by atoms with Crippen molar-refractivity contribution in [2.45, 2.75) is 19.9 Å². The van der Waals surface area contributed by atoms with Crippen LogP contribution in [0.15, 0.2) is 24.5 Å². The third kappa shape index (κ3) is 2.60. The Labute approximate surface area is 119 Å². The Kier molecular flexibility index (Phi) is 3.31. The number of nitrogens with zero attached hydrogens (tertiary/aromatic N) is 3. The molecule has 0 saturated carbocycles. The van der Waals surface area contributed by atoms with Crippen LogP contribution in [0.4, 0.5) is 10.3 Å². The molecule has 1 radical (unpaired) electrons. The molecule has 0 saturated heterocycles. The molecular formula is C14H12FN4S. The number of thiophene rings is 1. The highest BCUT2D eigenvalue weighted by Gasteiger charge is 2.10. The fourth-order valence-electron chi connectivity index (χ4n) is 1.91. The van der Waals surface area contributed by atoms with Crippen LogP contribution in [0.3, 0.4) is 0 Å². The minimum absolute atomic E-state index is 0.135. The predicted octanol–water partition coefficient (Wildman–Crippen LogP) is 3.51. The summed E-state index contributed by atoms with van der Waals surface area (Å²) in [6.07, 6.45) is 5.77. The van der Waals surface area contributed by atoms with Gasteiger partial charge in [-0.2, -0.15) is 0 Å². The second-order valence-corrected chi connectivity index (χ2v) is 5.79. The van der Waals surface area contributed by atoms with Gasteiger partial charge in [-0.25, -0.2) is 14.4 Å². The van der Waals surface area contributed by atoms with E-state index in [-0.39, 0.29) is 11.9 Å². The first-order valence-corrected chi connectivity index (χ1v) is 6.96. The van der Waals surface area contributed by atoms with Crippen LogP contribution in [0.1, 0.15) is 23.4 Å². The molecule has 1 N–H and O–H groups in total. The van der Waals surface area contributed by atoms with Gasteiger partial charge in [-0.05, 0) is 31.5 Å².